The molecular weight excluding hydrogens is 403 g/mol. The minimum atomic E-state index is -0.280. The third-order valence-corrected chi connectivity index (χ3v) is 6.50. The first kappa shape index (κ1) is 20.6. The summed E-state index contributed by atoms with van der Waals surface area (Å²) in [4.78, 5) is 28.6. The van der Waals surface area contributed by atoms with Gasteiger partial charge in [0.1, 0.15) is 11.5 Å². The van der Waals surface area contributed by atoms with Crippen molar-refractivity contribution in [1.82, 2.24) is 9.47 Å². The molecular formula is C23H25FN2O3S. The molecule has 1 amide bonds. The molecule has 1 fully saturated rings. The Balaban J connectivity index is 1.64. The van der Waals surface area contributed by atoms with Gasteiger partial charge in [-0.1, -0.05) is 12.1 Å². The number of carbonyl (C=O) groups is 2. The van der Waals surface area contributed by atoms with Gasteiger partial charge in [-0.3, -0.25) is 9.59 Å². The summed E-state index contributed by atoms with van der Waals surface area (Å²) in [7, 11) is 0. The van der Waals surface area contributed by atoms with E-state index in [0.717, 1.165) is 28.6 Å². The zero-order valence-corrected chi connectivity index (χ0v) is 18.0. The van der Waals surface area contributed by atoms with Crippen LogP contribution in [-0.2, 0) is 16.1 Å². The van der Waals surface area contributed by atoms with Crippen molar-refractivity contribution in [3.63, 3.8) is 0 Å². The molecule has 0 N–H and O–H groups in total. The number of nitrogens with zero attached hydrogens (tertiary/aromatic N) is 2. The SMILES string of the molecule is CCOC(=O)[C@@H]1CCCN(C(=O)c2cc3sc(C)cc3n2Cc2ccc(F)cc2)C1. The summed E-state index contributed by atoms with van der Waals surface area (Å²) in [5.74, 6) is -0.857. The number of likely N-dealkylation sites (tertiary alicyclic amines) is 1. The molecule has 0 spiro atoms. The molecule has 30 heavy (non-hydrogen) atoms. The van der Waals surface area contributed by atoms with Crippen molar-refractivity contribution in [1.29, 1.82) is 0 Å². The van der Waals surface area contributed by atoms with Crippen LogP contribution in [0.3, 0.4) is 0 Å². The Hall–Kier alpha value is -2.67. The Bertz CT molecular complexity index is 1070. The van der Waals surface area contributed by atoms with Crippen LogP contribution in [0.2, 0.25) is 0 Å². The van der Waals surface area contributed by atoms with Crippen LogP contribution < -0.4 is 0 Å². The second-order valence-corrected chi connectivity index (χ2v) is 8.98. The summed E-state index contributed by atoms with van der Waals surface area (Å²) in [5, 5.41) is 0. The van der Waals surface area contributed by atoms with Gasteiger partial charge in [-0.15, -0.1) is 11.3 Å². The summed E-state index contributed by atoms with van der Waals surface area (Å²) in [6.07, 6.45) is 1.52. The van der Waals surface area contributed by atoms with Crippen molar-refractivity contribution in [2.45, 2.75) is 33.2 Å². The quantitative estimate of drug-likeness (QED) is 0.558. The zero-order valence-electron chi connectivity index (χ0n) is 17.2. The van der Waals surface area contributed by atoms with E-state index in [9.17, 15) is 14.0 Å². The molecule has 2 aromatic heterocycles. The fourth-order valence-electron chi connectivity index (χ4n) is 4.06. The molecule has 1 aliphatic heterocycles. The van der Waals surface area contributed by atoms with Crippen LogP contribution in [0, 0.1) is 18.7 Å². The maximum absolute atomic E-state index is 13.4. The molecule has 4 rings (SSSR count). The standard InChI is InChI=1S/C23H25FN2O3S/c1-3-29-23(28)17-5-4-10-25(14-17)22(27)20-12-21-19(11-15(2)30-21)26(20)13-16-6-8-18(24)9-7-16/h6-9,11-12,17H,3-5,10,13-14H2,1-2H3/t17-/m1/s1. The van der Waals surface area contributed by atoms with Crippen molar-refractivity contribution in [3.05, 3.63) is 58.3 Å². The van der Waals surface area contributed by atoms with Crippen LogP contribution in [0.5, 0.6) is 0 Å². The van der Waals surface area contributed by atoms with Crippen molar-refractivity contribution in [3.8, 4) is 0 Å². The van der Waals surface area contributed by atoms with E-state index in [1.165, 1.54) is 17.0 Å². The van der Waals surface area contributed by atoms with Gasteiger partial charge < -0.3 is 14.2 Å². The maximum Gasteiger partial charge on any atom is 0.310 e. The number of rotatable bonds is 5. The van der Waals surface area contributed by atoms with E-state index in [1.54, 1.807) is 35.3 Å². The van der Waals surface area contributed by atoms with Crippen LogP contribution in [0.4, 0.5) is 4.39 Å². The molecule has 0 bridgehead atoms. The van der Waals surface area contributed by atoms with Gasteiger partial charge in [0.2, 0.25) is 0 Å². The molecule has 0 saturated carbocycles. The first-order chi connectivity index (χ1) is 14.5. The first-order valence-corrected chi connectivity index (χ1v) is 11.1. The number of aryl methyl sites for hydroxylation is 1. The number of hydrogen-bond acceptors (Lipinski definition) is 4. The predicted octanol–water partition coefficient (Wildman–Crippen LogP) is 4.61. The van der Waals surface area contributed by atoms with E-state index in [-0.39, 0.29) is 23.6 Å². The number of thiophene rings is 1. The number of ether oxygens (including phenoxy) is 1. The van der Waals surface area contributed by atoms with Gasteiger partial charge in [0.15, 0.2) is 0 Å². The van der Waals surface area contributed by atoms with Gasteiger partial charge in [0.05, 0.1) is 22.7 Å². The van der Waals surface area contributed by atoms with Crippen molar-refractivity contribution in [2.24, 2.45) is 5.92 Å². The Morgan fingerprint density at radius 2 is 2.00 bits per heavy atom. The Morgan fingerprint density at radius 3 is 2.73 bits per heavy atom. The largest absolute Gasteiger partial charge is 0.466 e. The van der Waals surface area contributed by atoms with Crippen LogP contribution in [0.15, 0.2) is 36.4 Å². The lowest BCUT2D eigenvalue weighted by Gasteiger charge is -2.31. The highest BCUT2D eigenvalue weighted by atomic mass is 32.1. The molecule has 1 aromatic carbocycles. The van der Waals surface area contributed by atoms with Crippen LogP contribution in [0.1, 0.15) is 40.7 Å². The molecule has 0 radical (unpaired) electrons. The molecule has 7 heteroatoms. The molecule has 1 aliphatic rings. The first-order valence-electron chi connectivity index (χ1n) is 10.3. The van der Waals surface area contributed by atoms with Gasteiger partial charge >= 0.3 is 5.97 Å². The van der Waals surface area contributed by atoms with Gasteiger partial charge in [-0.05, 0) is 56.5 Å². The Labute approximate surface area is 179 Å². The Kier molecular flexibility index (Phi) is 5.90. The minimum absolute atomic E-state index is 0.0767. The monoisotopic (exact) mass is 428 g/mol. The molecule has 0 unspecified atom stereocenters. The third-order valence-electron chi connectivity index (χ3n) is 5.51. The van der Waals surface area contributed by atoms with Crippen molar-refractivity contribution in [2.75, 3.05) is 19.7 Å². The van der Waals surface area contributed by atoms with Gasteiger partial charge in [-0.2, -0.15) is 0 Å². The number of carbonyl (C=O) groups excluding carboxylic acids is 2. The normalized spacial score (nSPS) is 16.8. The van der Waals surface area contributed by atoms with Crippen molar-refractivity contribution < 1.29 is 18.7 Å². The average molecular weight is 429 g/mol. The maximum atomic E-state index is 13.4. The molecule has 3 aromatic rings. The fourth-order valence-corrected chi connectivity index (χ4v) is 5.02. The van der Waals surface area contributed by atoms with E-state index in [0.29, 0.717) is 31.9 Å². The summed E-state index contributed by atoms with van der Waals surface area (Å²) in [5.41, 5.74) is 2.53. The minimum Gasteiger partial charge on any atom is -0.466 e. The lowest BCUT2D eigenvalue weighted by molar-refractivity contribution is -0.149. The number of benzene rings is 1. The zero-order chi connectivity index (χ0) is 21.3. The molecule has 5 nitrogen and oxygen atoms in total. The number of aromatic nitrogens is 1. The molecule has 3 heterocycles. The Morgan fingerprint density at radius 1 is 1.23 bits per heavy atom. The summed E-state index contributed by atoms with van der Waals surface area (Å²) < 4.78 is 21.5. The second-order valence-electron chi connectivity index (χ2n) is 7.69. The lowest BCUT2D eigenvalue weighted by atomic mass is 9.98. The highest BCUT2D eigenvalue weighted by molar-refractivity contribution is 7.19. The summed E-state index contributed by atoms with van der Waals surface area (Å²) in [6.45, 7) is 5.68. The number of hydrogen-bond donors (Lipinski definition) is 0. The number of halogens is 1. The van der Waals surface area contributed by atoms with E-state index < -0.39 is 0 Å². The van der Waals surface area contributed by atoms with Gasteiger partial charge in [0.25, 0.3) is 5.91 Å². The second kappa shape index (κ2) is 8.60. The highest BCUT2D eigenvalue weighted by Crippen LogP contribution is 2.31. The van der Waals surface area contributed by atoms with E-state index in [1.807, 2.05) is 17.6 Å². The summed E-state index contributed by atoms with van der Waals surface area (Å²) >= 11 is 1.65. The molecule has 158 valence electrons. The van der Waals surface area contributed by atoms with Crippen LogP contribution in [0.25, 0.3) is 10.2 Å². The van der Waals surface area contributed by atoms with Crippen LogP contribution >= 0.6 is 11.3 Å². The average Bonchev–Trinajstić information content (AvgIpc) is 3.26. The van der Waals surface area contributed by atoms with Gasteiger partial charge in [0, 0.05) is 24.5 Å². The smallest absolute Gasteiger partial charge is 0.310 e. The topological polar surface area (TPSA) is 51.5 Å². The molecule has 1 atom stereocenters. The third kappa shape index (κ3) is 4.12. The van der Waals surface area contributed by atoms with E-state index in [2.05, 4.69) is 6.07 Å². The van der Waals surface area contributed by atoms with Crippen LogP contribution in [-0.4, -0.2) is 41.0 Å². The number of fused-ring (bicyclic) bond motifs is 1. The highest BCUT2D eigenvalue weighted by Gasteiger charge is 2.31. The number of esters is 1. The van der Waals surface area contributed by atoms with E-state index >= 15 is 0 Å². The van der Waals surface area contributed by atoms with E-state index in [4.69, 9.17) is 4.74 Å². The summed E-state index contributed by atoms with van der Waals surface area (Å²) in [6, 6.07) is 10.4. The lowest BCUT2D eigenvalue weighted by Crippen LogP contribution is -2.43. The number of piperidine rings is 1. The van der Waals surface area contributed by atoms with Crippen molar-refractivity contribution >= 4 is 33.4 Å². The molecule has 1 saturated heterocycles. The predicted molar refractivity (Wildman–Crippen MR) is 115 cm³/mol. The van der Waals surface area contributed by atoms with Gasteiger partial charge in [-0.25, -0.2) is 4.39 Å². The number of amides is 1. The fraction of sp³-hybridized carbons (Fsp3) is 0.391. The molecule has 0 aliphatic carbocycles.